The number of piperidine rings is 1. The van der Waals surface area contributed by atoms with Gasteiger partial charge >= 0.3 is 5.69 Å². The Labute approximate surface area is 159 Å². The summed E-state index contributed by atoms with van der Waals surface area (Å²) in [5, 5.41) is 0.141. The Morgan fingerprint density at radius 2 is 1.89 bits per heavy atom. The van der Waals surface area contributed by atoms with Gasteiger partial charge in [-0.2, -0.15) is 0 Å². The first-order valence-corrected chi connectivity index (χ1v) is 9.15. The van der Waals surface area contributed by atoms with E-state index in [1.807, 2.05) is 0 Å². The van der Waals surface area contributed by atoms with Crippen LogP contribution < -0.4 is 11.2 Å². The summed E-state index contributed by atoms with van der Waals surface area (Å²) in [5.74, 6) is 0.607. The predicted octanol–water partition coefficient (Wildman–Crippen LogP) is 2.52. The van der Waals surface area contributed by atoms with Gasteiger partial charge < -0.3 is 14.3 Å². The Morgan fingerprint density at radius 1 is 1.18 bits per heavy atom. The SMILES string of the molecule is Cc1cc(C(=O)N2CCC(n3c(=O)[nH]c4ccc(F)cc4c3=O)CC2)c(C)o1. The van der Waals surface area contributed by atoms with Crippen molar-refractivity contribution in [3.05, 3.63) is 68.0 Å². The third kappa shape index (κ3) is 3.04. The molecule has 0 atom stereocenters. The molecule has 0 saturated carbocycles. The molecule has 1 saturated heterocycles. The number of amides is 1. The van der Waals surface area contributed by atoms with E-state index in [9.17, 15) is 18.8 Å². The normalized spacial score (nSPS) is 15.3. The van der Waals surface area contributed by atoms with Crippen molar-refractivity contribution in [2.75, 3.05) is 13.1 Å². The van der Waals surface area contributed by atoms with Gasteiger partial charge in [0.25, 0.3) is 11.5 Å². The maximum Gasteiger partial charge on any atom is 0.329 e. The third-order valence-electron chi connectivity index (χ3n) is 5.28. The fourth-order valence-corrected chi connectivity index (χ4v) is 3.87. The van der Waals surface area contributed by atoms with Crippen LogP contribution in [-0.4, -0.2) is 33.4 Å². The lowest BCUT2D eigenvalue weighted by atomic mass is 10.0. The summed E-state index contributed by atoms with van der Waals surface area (Å²) in [6, 6.07) is 5.09. The van der Waals surface area contributed by atoms with Crippen molar-refractivity contribution in [3.8, 4) is 0 Å². The quantitative estimate of drug-likeness (QED) is 0.734. The lowest BCUT2D eigenvalue weighted by Crippen LogP contribution is -2.45. The summed E-state index contributed by atoms with van der Waals surface area (Å²) >= 11 is 0. The average molecular weight is 385 g/mol. The molecule has 3 heterocycles. The van der Waals surface area contributed by atoms with Crippen LogP contribution in [0.5, 0.6) is 0 Å². The molecular formula is C20H20FN3O4. The Morgan fingerprint density at radius 3 is 2.54 bits per heavy atom. The molecule has 0 aliphatic carbocycles. The highest BCUT2D eigenvalue weighted by atomic mass is 19.1. The number of hydrogen-bond donors (Lipinski definition) is 1. The van der Waals surface area contributed by atoms with Gasteiger partial charge in [0.2, 0.25) is 0 Å². The van der Waals surface area contributed by atoms with Crippen molar-refractivity contribution < 1.29 is 13.6 Å². The molecule has 2 aromatic heterocycles. The molecule has 0 radical (unpaired) electrons. The van der Waals surface area contributed by atoms with Gasteiger partial charge in [-0.1, -0.05) is 0 Å². The molecule has 1 amide bonds. The molecule has 1 N–H and O–H groups in total. The number of H-pyrrole nitrogens is 1. The molecule has 3 aromatic rings. The fourth-order valence-electron chi connectivity index (χ4n) is 3.87. The molecule has 1 fully saturated rings. The number of aromatic nitrogens is 2. The van der Waals surface area contributed by atoms with E-state index in [1.165, 1.54) is 12.1 Å². The number of nitrogens with zero attached hydrogens (tertiary/aromatic N) is 2. The van der Waals surface area contributed by atoms with Crippen molar-refractivity contribution >= 4 is 16.8 Å². The third-order valence-corrected chi connectivity index (χ3v) is 5.28. The summed E-state index contributed by atoms with van der Waals surface area (Å²) < 4.78 is 20.1. The number of carbonyl (C=O) groups is 1. The lowest BCUT2D eigenvalue weighted by Gasteiger charge is -2.32. The van der Waals surface area contributed by atoms with Crippen LogP contribution in [0.4, 0.5) is 4.39 Å². The zero-order chi connectivity index (χ0) is 20.0. The molecule has 0 spiro atoms. The average Bonchev–Trinajstić information content (AvgIpc) is 3.00. The first-order chi connectivity index (χ1) is 13.3. The van der Waals surface area contributed by atoms with E-state index in [-0.39, 0.29) is 17.3 Å². The zero-order valence-corrected chi connectivity index (χ0v) is 15.6. The van der Waals surface area contributed by atoms with Gasteiger partial charge in [0.05, 0.1) is 16.5 Å². The maximum atomic E-state index is 13.5. The Kier molecular flexibility index (Phi) is 4.41. The zero-order valence-electron chi connectivity index (χ0n) is 15.6. The van der Waals surface area contributed by atoms with Crippen LogP contribution in [0.3, 0.4) is 0 Å². The first-order valence-electron chi connectivity index (χ1n) is 9.15. The number of nitrogens with one attached hydrogen (secondary N) is 1. The van der Waals surface area contributed by atoms with Crippen molar-refractivity contribution in [2.24, 2.45) is 0 Å². The number of hydrogen-bond acceptors (Lipinski definition) is 4. The van der Waals surface area contributed by atoms with Crippen LogP contribution in [0.25, 0.3) is 10.9 Å². The van der Waals surface area contributed by atoms with Crippen molar-refractivity contribution in [3.63, 3.8) is 0 Å². The van der Waals surface area contributed by atoms with Crippen molar-refractivity contribution in [1.82, 2.24) is 14.5 Å². The van der Waals surface area contributed by atoms with E-state index < -0.39 is 17.1 Å². The Bertz CT molecular complexity index is 1180. The Balaban J connectivity index is 1.59. The van der Waals surface area contributed by atoms with Gasteiger partial charge in [0, 0.05) is 19.1 Å². The largest absolute Gasteiger partial charge is 0.466 e. The van der Waals surface area contributed by atoms with Gasteiger partial charge in [-0.15, -0.1) is 0 Å². The van der Waals surface area contributed by atoms with E-state index in [4.69, 9.17) is 4.42 Å². The number of halogens is 1. The molecule has 0 unspecified atom stereocenters. The minimum Gasteiger partial charge on any atom is -0.466 e. The van der Waals surface area contributed by atoms with Crippen LogP contribution in [0, 0.1) is 19.7 Å². The number of aryl methyl sites for hydroxylation is 2. The number of aromatic amines is 1. The molecule has 4 rings (SSSR count). The fraction of sp³-hybridized carbons (Fsp3) is 0.350. The van der Waals surface area contributed by atoms with Crippen molar-refractivity contribution in [1.29, 1.82) is 0 Å². The highest BCUT2D eigenvalue weighted by Gasteiger charge is 2.28. The summed E-state index contributed by atoms with van der Waals surface area (Å²) in [7, 11) is 0. The van der Waals surface area contributed by atoms with Crippen LogP contribution in [-0.2, 0) is 0 Å². The highest BCUT2D eigenvalue weighted by molar-refractivity contribution is 5.95. The number of likely N-dealkylation sites (tertiary alicyclic amines) is 1. The monoisotopic (exact) mass is 385 g/mol. The summed E-state index contributed by atoms with van der Waals surface area (Å²) in [4.78, 5) is 42.3. The van der Waals surface area contributed by atoms with Gasteiger partial charge in [0.15, 0.2) is 0 Å². The highest BCUT2D eigenvalue weighted by Crippen LogP contribution is 2.24. The molecule has 7 nitrogen and oxygen atoms in total. The van der Waals surface area contributed by atoms with Crippen LogP contribution in [0.2, 0.25) is 0 Å². The van der Waals surface area contributed by atoms with Gasteiger partial charge in [-0.25, -0.2) is 9.18 Å². The topological polar surface area (TPSA) is 88.3 Å². The standard InChI is InChI=1S/C20H20FN3O4/c1-11-9-15(12(2)28-11)18(25)23-7-5-14(6-8-23)24-19(26)16-10-13(21)3-4-17(16)22-20(24)27/h3-4,9-10,14H,5-8H2,1-2H3,(H,22,27). The molecule has 1 aliphatic heterocycles. The summed E-state index contributed by atoms with van der Waals surface area (Å²) in [6.07, 6.45) is 0.927. The minimum absolute atomic E-state index is 0.116. The second kappa shape index (κ2) is 6.78. The van der Waals surface area contributed by atoms with E-state index in [0.29, 0.717) is 48.5 Å². The van der Waals surface area contributed by atoms with Crippen LogP contribution in [0.1, 0.15) is 40.8 Å². The maximum absolute atomic E-state index is 13.5. The van der Waals surface area contributed by atoms with Crippen LogP contribution >= 0.6 is 0 Å². The molecule has 146 valence electrons. The first kappa shape index (κ1) is 18.2. The van der Waals surface area contributed by atoms with E-state index in [1.54, 1.807) is 24.8 Å². The van der Waals surface area contributed by atoms with Gasteiger partial charge in [-0.05, 0) is 51.0 Å². The second-order valence-electron chi connectivity index (χ2n) is 7.15. The lowest BCUT2D eigenvalue weighted by molar-refractivity contribution is 0.0690. The minimum atomic E-state index is -0.533. The molecule has 8 heteroatoms. The van der Waals surface area contributed by atoms with E-state index >= 15 is 0 Å². The van der Waals surface area contributed by atoms with E-state index in [0.717, 1.165) is 10.6 Å². The molecule has 1 aliphatic rings. The smallest absolute Gasteiger partial charge is 0.329 e. The van der Waals surface area contributed by atoms with Crippen LogP contribution in [0.15, 0.2) is 38.3 Å². The molecule has 0 bridgehead atoms. The Hall–Kier alpha value is -3.16. The predicted molar refractivity (Wildman–Crippen MR) is 101 cm³/mol. The molecule has 1 aromatic carbocycles. The summed E-state index contributed by atoms with van der Waals surface area (Å²) in [6.45, 7) is 4.37. The molecule has 28 heavy (non-hydrogen) atoms. The number of benzene rings is 1. The second-order valence-corrected chi connectivity index (χ2v) is 7.15. The number of carbonyl (C=O) groups excluding carboxylic acids is 1. The number of furan rings is 1. The van der Waals surface area contributed by atoms with Crippen molar-refractivity contribution in [2.45, 2.75) is 32.7 Å². The van der Waals surface area contributed by atoms with Gasteiger partial charge in [0.1, 0.15) is 17.3 Å². The molecular weight excluding hydrogens is 365 g/mol. The number of fused-ring (bicyclic) bond motifs is 1. The summed E-state index contributed by atoms with van der Waals surface area (Å²) in [5.41, 5.74) is -0.183. The van der Waals surface area contributed by atoms with E-state index in [2.05, 4.69) is 4.98 Å². The van der Waals surface area contributed by atoms with Gasteiger partial charge in [-0.3, -0.25) is 14.2 Å². The number of rotatable bonds is 2.